The van der Waals surface area contributed by atoms with Gasteiger partial charge in [-0.15, -0.1) is 3.77 Å². The fourth-order valence-corrected chi connectivity index (χ4v) is 7.35. The summed E-state index contributed by atoms with van der Waals surface area (Å²) in [4.78, 5) is 10.2. The normalized spacial score (nSPS) is 14.5. The van der Waals surface area contributed by atoms with Crippen LogP contribution in [0.2, 0.25) is 0 Å². The van der Waals surface area contributed by atoms with Crippen molar-refractivity contribution in [1.29, 1.82) is 0 Å². The third kappa shape index (κ3) is 6.81. The molecule has 31 heavy (non-hydrogen) atoms. The summed E-state index contributed by atoms with van der Waals surface area (Å²) in [5, 5.41) is 17.4. The van der Waals surface area contributed by atoms with Crippen LogP contribution in [0, 0.1) is 21.3 Å². The third-order valence-corrected chi connectivity index (χ3v) is 8.37. The van der Waals surface area contributed by atoms with Crippen LogP contribution in [-0.2, 0) is 19.8 Å². The van der Waals surface area contributed by atoms with E-state index in [0.717, 1.165) is 24.3 Å². The predicted molar refractivity (Wildman–Crippen MR) is 120 cm³/mol. The van der Waals surface area contributed by atoms with Gasteiger partial charge in [0, 0.05) is 26.8 Å². The number of rotatable bonds is 6. The summed E-state index contributed by atoms with van der Waals surface area (Å²) in [5.41, 5.74) is -1.10. The van der Waals surface area contributed by atoms with E-state index in [0.29, 0.717) is 6.42 Å². The van der Waals surface area contributed by atoms with Crippen molar-refractivity contribution in [3.63, 3.8) is 0 Å². The SMILES string of the molecule is CC(C)(C)CC(C)(C)N=S(N)(=NS(=O)(=O)c1ccc([N+](=O)[O-])cc1)c1ccc(F)cc1. The minimum Gasteiger partial charge on any atom is -0.258 e. The number of non-ortho nitro benzene ring substituents is 1. The molecular formula is C20H27FN4O4S2. The molecule has 0 amide bonds. The van der Waals surface area contributed by atoms with Crippen LogP contribution in [0.3, 0.4) is 0 Å². The molecule has 2 rings (SSSR count). The van der Waals surface area contributed by atoms with Crippen molar-refractivity contribution < 1.29 is 17.7 Å². The van der Waals surface area contributed by atoms with Crippen LogP contribution < -0.4 is 5.14 Å². The van der Waals surface area contributed by atoms with E-state index in [4.69, 9.17) is 5.14 Å². The number of benzene rings is 2. The topological polar surface area (TPSA) is 128 Å². The number of nitro groups is 1. The van der Waals surface area contributed by atoms with Gasteiger partial charge in [-0.2, -0.15) is 8.42 Å². The Kier molecular flexibility index (Phi) is 6.94. The van der Waals surface area contributed by atoms with Crippen molar-refractivity contribution in [2.24, 2.45) is 18.7 Å². The van der Waals surface area contributed by atoms with Crippen molar-refractivity contribution in [1.82, 2.24) is 0 Å². The van der Waals surface area contributed by atoms with E-state index in [2.05, 4.69) is 8.13 Å². The van der Waals surface area contributed by atoms with Gasteiger partial charge in [0.25, 0.3) is 15.7 Å². The summed E-state index contributed by atoms with van der Waals surface area (Å²) in [5.74, 6) is -0.502. The number of hydrogen-bond donors (Lipinski definition) is 1. The van der Waals surface area contributed by atoms with Crippen molar-refractivity contribution in [2.45, 2.75) is 56.4 Å². The van der Waals surface area contributed by atoms with E-state index in [1.807, 2.05) is 34.6 Å². The van der Waals surface area contributed by atoms with Crippen LogP contribution in [0.5, 0.6) is 0 Å². The first-order chi connectivity index (χ1) is 14.0. The van der Waals surface area contributed by atoms with Crippen LogP contribution in [0.15, 0.2) is 66.5 Å². The maximum Gasteiger partial charge on any atom is 0.290 e. The second kappa shape index (κ2) is 8.64. The lowest BCUT2D eigenvalue weighted by Gasteiger charge is -2.30. The van der Waals surface area contributed by atoms with Gasteiger partial charge in [0.2, 0.25) is 0 Å². The number of hydrogen-bond acceptors (Lipinski definition) is 5. The highest BCUT2D eigenvalue weighted by molar-refractivity contribution is 8.03. The molecule has 0 saturated carbocycles. The quantitative estimate of drug-likeness (QED) is 0.464. The summed E-state index contributed by atoms with van der Waals surface area (Å²) in [6.45, 7) is 9.76. The Hall–Kier alpha value is -2.37. The van der Waals surface area contributed by atoms with Crippen molar-refractivity contribution in [3.05, 3.63) is 64.5 Å². The zero-order valence-electron chi connectivity index (χ0n) is 18.1. The van der Waals surface area contributed by atoms with Crippen molar-refractivity contribution >= 4 is 25.5 Å². The average Bonchev–Trinajstić information content (AvgIpc) is 2.59. The van der Waals surface area contributed by atoms with E-state index in [9.17, 15) is 22.9 Å². The maximum absolute atomic E-state index is 13.5. The molecule has 0 aromatic heterocycles. The molecule has 0 aliphatic heterocycles. The standard InChI is InChI=1S/C20H27FN4O4S2/c1-19(2,3)14-20(4,5)23-30(22,17-10-6-15(21)7-11-17)24-31(28,29)18-12-8-16(9-13-18)25(26)27/h6-13H,14H2,1-5H3,(H2,22,23,24). The molecule has 2 N–H and O–H groups in total. The molecule has 0 heterocycles. The Labute approximate surface area is 182 Å². The summed E-state index contributed by atoms with van der Waals surface area (Å²) in [7, 11) is -7.44. The molecule has 0 bridgehead atoms. The highest BCUT2D eigenvalue weighted by atomic mass is 32.3. The summed E-state index contributed by atoms with van der Waals surface area (Å²) < 4.78 is 48.1. The Morgan fingerprint density at radius 1 is 0.968 bits per heavy atom. The van der Waals surface area contributed by atoms with Crippen molar-refractivity contribution in [2.75, 3.05) is 0 Å². The second-order valence-corrected chi connectivity index (χ2v) is 12.8. The molecule has 1 unspecified atom stereocenters. The van der Waals surface area contributed by atoms with E-state index < -0.39 is 36.1 Å². The van der Waals surface area contributed by atoms with E-state index in [1.165, 1.54) is 24.3 Å². The van der Waals surface area contributed by atoms with Crippen LogP contribution in [0.4, 0.5) is 10.1 Å². The van der Waals surface area contributed by atoms with Gasteiger partial charge in [0.15, 0.2) is 0 Å². The van der Waals surface area contributed by atoms with Gasteiger partial charge in [0.1, 0.15) is 5.82 Å². The summed E-state index contributed by atoms with van der Waals surface area (Å²) >= 11 is 0. The van der Waals surface area contributed by atoms with E-state index in [1.54, 1.807) is 0 Å². The molecule has 0 aliphatic rings. The summed E-state index contributed by atoms with van der Waals surface area (Å²) in [6.07, 6.45) is 0.597. The molecule has 2 aromatic rings. The molecule has 0 aliphatic carbocycles. The van der Waals surface area contributed by atoms with Crippen LogP contribution >= 0.6 is 0 Å². The van der Waals surface area contributed by atoms with Gasteiger partial charge in [-0.1, -0.05) is 20.8 Å². The molecule has 2 aromatic carbocycles. The zero-order valence-corrected chi connectivity index (χ0v) is 19.7. The van der Waals surface area contributed by atoms with Gasteiger partial charge in [-0.3, -0.25) is 15.3 Å². The maximum atomic E-state index is 13.5. The highest BCUT2D eigenvalue weighted by Crippen LogP contribution is 2.32. The molecule has 0 spiro atoms. The molecular weight excluding hydrogens is 443 g/mol. The molecule has 8 nitrogen and oxygen atoms in total. The second-order valence-electron chi connectivity index (χ2n) is 8.99. The third-order valence-electron chi connectivity index (χ3n) is 4.07. The number of sulfonamides is 1. The number of nitrogens with two attached hydrogens (primary N) is 1. The van der Waals surface area contributed by atoms with E-state index in [-0.39, 0.29) is 20.9 Å². The number of nitro benzene ring substituents is 1. The van der Waals surface area contributed by atoms with Gasteiger partial charge in [-0.05, 0) is 62.1 Å². The fraction of sp³-hybridized carbons (Fsp3) is 0.400. The molecule has 170 valence electrons. The Morgan fingerprint density at radius 2 is 1.45 bits per heavy atom. The Balaban J connectivity index is 2.75. The van der Waals surface area contributed by atoms with Crippen LogP contribution in [0.1, 0.15) is 41.0 Å². The predicted octanol–water partition coefficient (Wildman–Crippen LogP) is 5.09. The summed E-state index contributed by atoms with van der Waals surface area (Å²) in [6, 6.07) is 9.44. The van der Waals surface area contributed by atoms with Crippen molar-refractivity contribution in [3.8, 4) is 0 Å². The largest absolute Gasteiger partial charge is 0.290 e. The monoisotopic (exact) mass is 470 g/mol. The average molecular weight is 471 g/mol. The lowest BCUT2D eigenvalue weighted by atomic mass is 9.82. The smallest absolute Gasteiger partial charge is 0.258 e. The zero-order chi connectivity index (χ0) is 23.7. The molecule has 0 radical (unpaired) electrons. The first-order valence-corrected chi connectivity index (χ1v) is 12.4. The number of nitrogens with zero attached hydrogens (tertiary/aromatic N) is 3. The molecule has 0 fully saturated rings. The fourth-order valence-electron chi connectivity index (χ4n) is 3.39. The van der Waals surface area contributed by atoms with Crippen LogP contribution in [0.25, 0.3) is 0 Å². The minimum absolute atomic E-state index is 0.118. The first kappa shape index (κ1) is 24.9. The minimum atomic E-state index is -4.31. The molecule has 0 saturated heterocycles. The Morgan fingerprint density at radius 3 is 1.90 bits per heavy atom. The highest BCUT2D eigenvalue weighted by Gasteiger charge is 2.28. The van der Waals surface area contributed by atoms with Crippen LogP contribution in [-0.4, -0.2) is 18.9 Å². The molecule has 11 heteroatoms. The molecule has 1 atom stereocenters. The first-order valence-electron chi connectivity index (χ1n) is 9.38. The lowest BCUT2D eigenvalue weighted by molar-refractivity contribution is -0.384. The van der Waals surface area contributed by atoms with Gasteiger partial charge in [-0.25, -0.2) is 8.75 Å². The van der Waals surface area contributed by atoms with E-state index >= 15 is 0 Å². The van der Waals surface area contributed by atoms with Gasteiger partial charge < -0.3 is 0 Å². The number of halogens is 1. The lowest BCUT2D eigenvalue weighted by Crippen LogP contribution is -2.29. The Bertz CT molecular complexity index is 1190. The van der Waals surface area contributed by atoms with Gasteiger partial charge >= 0.3 is 0 Å². The van der Waals surface area contributed by atoms with Gasteiger partial charge in [0.05, 0.1) is 15.4 Å².